The molecular formula is C21H21FN4S. The van der Waals surface area contributed by atoms with Gasteiger partial charge >= 0.3 is 0 Å². The molecule has 1 fully saturated rings. The van der Waals surface area contributed by atoms with E-state index in [9.17, 15) is 4.39 Å². The molecule has 0 unspecified atom stereocenters. The normalized spacial score (nSPS) is 19.6. The Morgan fingerprint density at radius 2 is 1.85 bits per heavy atom. The standard InChI is InChI=1S/C21H21FN4S/c1-14(2)26-20(19(24-21(26)27)16-9-5-6-12-23-16)18-11-7-13-25(18)17-10-4-3-8-15(17)22/h3-14,19-20H,1-2H3,(H,24,27)/t19-,20-/m0/s1. The molecule has 1 N–H and O–H groups in total. The molecule has 2 aromatic heterocycles. The number of benzene rings is 1. The van der Waals surface area contributed by atoms with Crippen molar-refractivity contribution in [3.05, 3.63) is 84.2 Å². The number of thiocarbonyl (C=S) groups is 1. The molecule has 4 rings (SSSR count). The molecule has 0 spiro atoms. The Labute approximate surface area is 163 Å². The van der Waals surface area contributed by atoms with E-state index in [4.69, 9.17) is 12.2 Å². The number of hydrogen-bond donors (Lipinski definition) is 1. The van der Waals surface area contributed by atoms with Crippen LogP contribution in [0.25, 0.3) is 5.69 Å². The lowest BCUT2D eigenvalue weighted by Gasteiger charge is -2.31. The van der Waals surface area contributed by atoms with Crippen LogP contribution in [0.15, 0.2) is 67.0 Å². The molecule has 0 bridgehead atoms. The Balaban J connectivity index is 1.86. The Morgan fingerprint density at radius 1 is 1.07 bits per heavy atom. The molecule has 3 heterocycles. The van der Waals surface area contributed by atoms with Crippen molar-refractivity contribution >= 4 is 17.3 Å². The summed E-state index contributed by atoms with van der Waals surface area (Å²) in [6, 6.07) is 16.6. The van der Waals surface area contributed by atoms with Gasteiger partial charge in [0.2, 0.25) is 0 Å². The number of rotatable bonds is 4. The number of halogens is 1. The van der Waals surface area contributed by atoms with Crippen molar-refractivity contribution in [2.45, 2.75) is 32.0 Å². The molecule has 2 atom stereocenters. The second kappa shape index (κ2) is 7.12. The van der Waals surface area contributed by atoms with Crippen molar-refractivity contribution in [1.29, 1.82) is 0 Å². The van der Waals surface area contributed by atoms with Crippen LogP contribution in [0.3, 0.4) is 0 Å². The van der Waals surface area contributed by atoms with Crippen LogP contribution in [0.5, 0.6) is 0 Å². The molecule has 0 radical (unpaired) electrons. The quantitative estimate of drug-likeness (QED) is 0.681. The van der Waals surface area contributed by atoms with Crippen molar-refractivity contribution in [3.8, 4) is 5.69 Å². The van der Waals surface area contributed by atoms with E-state index in [0.717, 1.165) is 11.4 Å². The SMILES string of the molecule is CC(C)N1C(=S)N[C@@H](c2ccccn2)[C@@H]1c1cccn1-c1ccccc1F. The molecule has 4 nitrogen and oxygen atoms in total. The molecule has 0 saturated carbocycles. The monoisotopic (exact) mass is 380 g/mol. The van der Waals surface area contributed by atoms with Gasteiger partial charge in [-0.15, -0.1) is 0 Å². The molecule has 1 aromatic carbocycles. The van der Waals surface area contributed by atoms with Gasteiger partial charge < -0.3 is 14.8 Å². The molecule has 27 heavy (non-hydrogen) atoms. The maximum Gasteiger partial charge on any atom is 0.170 e. The molecule has 1 saturated heterocycles. The first-order valence-electron chi connectivity index (χ1n) is 9.00. The number of hydrogen-bond acceptors (Lipinski definition) is 2. The Kier molecular flexibility index (Phi) is 4.66. The first-order valence-corrected chi connectivity index (χ1v) is 9.40. The van der Waals surface area contributed by atoms with Gasteiger partial charge in [0.05, 0.1) is 23.5 Å². The summed E-state index contributed by atoms with van der Waals surface area (Å²) in [7, 11) is 0. The van der Waals surface area contributed by atoms with E-state index in [2.05, 4.69) is 29.0 Å². The minimum Gasteiger partial charge on any atom is -0.352 e. The third-order valence-corrected chi connectivity index (χ3v) is 5.22. The zero-order valence-corrected chi connectivity index (χ0v) is 16.0. The van der Waals surface area contributed by atoms with Gasteiger partial charge in [-0.05, 0) is 62.5 Å². The van der Waals surface area contributed by atoms with Gasteiger partial charge in [0, 0.05) is 24.1 Å². The smallest absolute Gasteiger partial charge is 0.170 e. The zero-order chi connectivity index (χ0) is 19.0. The minimum absolute atomic E-state index is 0.0954. The van der Waals surface area contributed by atoms with Crippen LogP contribution in [0.4, 0.5) is 4.39 Å². The highest BCUT2D eigenvalue weighted by Crippen LogP contribution is 2.40. The summed E-state index contributed by atoms with van der Waals surface area (Å²) < 4.78 is 16.4. The molecule has 1 aliphatic rings. The van der Waals surface area contributed by atoms with E-state index >= 15 is 0 Å². The lowest BCUT2D eigenvalue weighted by atomic mass is 10.0. The lowest BCUT2D eigenvalue weighted by Crippen LogP contribution is -2.36. The summed E-state index contributed by atoms with van der Waals surface area (Å²) in [6.07, 6.45) is 3.67. The predicted molar refractivity (Wildman–Crippen MR) is 108 cm³/mol. The van der Waals surface area contributed by atoms with Crippen LogP contribution in [0.2, 0.25) is 0 Å². The summed E-state index contributed by atoms with van der Waals surface area (Å²) in [5.41, 5.74) is 2.41. The minimum atomic E-state index is -0.256. The first-order chi connectivity index (χ1) is 13.1. The fourth-order valence-electron chi connectivity index (χ4n) is 3.74. The topological polar surface area (TPSA) is 33.1 Å². The van der Waals surface area contributed by atoms with Crippen LogP contribution in [0, 0.1) is 5.82 Å². The number of nitrogens with one attached hydrogen (secondary N) is 1. The maximum absolute atomic E-state index is 14.5. The Hall–Kier alpha value is -2.73. The summed E-state index contributed by atoms with van der Waals surface area (Å²) in [4.78, 5) is 6.70. The Bertz CT molecular complexity index is 954. The summed E-state index contributed by atoms with van der Waals surface area (Å²) in [6.45, 7) is 4.22. The van der Waals surface area contributed by atoms with Gasteiger partial charge in [0.1, 0.15) is 5.82 Å². The lowest BCUT2D eigenvalue weighted by molar-refractivity contribution is 0.262. The van der Waals surface area contributed by atoms with Gasteiger partial charge in [-0.3, -0.25) is 4.98 Å². The fourth-order valence-corrected chi connectivity index (χ4v) is 4.19. The molecular weight excluding hydrogens is 359 g/mol. The van der Waals surface area contributed by atoms with Crippen molar-refractivity contribution in [1.82, 2.24) is 19.8 Å². The van der Waals surface area contributed by atoms with E-state index in [0.29, 0.717) is 10.8 Å². The average Bonchev–Trinajstić information content (AvgIpc) is 3.26. The van der Waals surface area contributed by atoms with Gasteiger partial charge in [-0.1, -0.05) is 18.2 Å². The largest absolute Gasteiger partial charge is 0.352 e. The fraction of sp³-hybridized carbons (Fsp3) is 0.238. The molecule has 6 heteroatoms. The molecule has 1 aliphatic heterocycles. The highest BCUT2D eigenvalue weighted by Gasteiger charge is 2.42. The maximum atomic E-state index is 14.5. The third kappa shape index (κ3) is 3.10. The number of nitrogens with zero attached hydrogens (tertiary/aromatic N) is 3. The number of para-hydroxylation sites is 1. The van der Waals surface area contributed by atoms with Crippen molar-refractivity contribution < 1.29 is 4.39 Å². The van der Waals surface area contributed by atoms with Crippen molar-refractivity contribution in [3.63, 3.8) is 0 Å². The predicted octanol–water partition coefficient (Wildman–Crippen LogP) is 4.39. The average molecular weight is 380 g/mol. The summed E-state index contributed by atoms with van der Waals surface area (Å²) >= 11 is 5.63. The molecule has 3 aromatic rings. The van der Waals surface area contributed by atoms with Crippen molar-refractivity contribution in [2.24, 2.45) is 0 Å². The van der Waals surface area contributed by atoms with Gasteiger partial charge in [-0.2, -0.15) is 0 Å². The summed E-state index contributed by atoms with van der Waals surface area (Å²) in [5, 5.41) is 4.11. The second-order valence-electron chi connectivity index (χ2n) is 6.88. The molecule has 0 aliphatic carbocycles. The third-order valence-electron chi connectivity index (χ3n) is 4.89. The Morgan fingerprint density at radius 3 is 2.56 bits per heavy atom. The zero-order valence-electron chi connectivity index (χ0n) is 15.2. The second-order valence-corrected chi connectivity index (χ2v) is 7.27. The number of aromatic nitrogens is 2. The van der Waals surface area contributed by atoms with Gasteiger partial charge in [-0.25, -0.2) is 4.39 Å². The van der Waals surface area contributed by atoms with Crippen LogP contribution in [-0.2, 0) is 0 Å². The molecule has 0 amide bonds. The van der Waals surface area contributed by atoms with Crippen LogP contribution >= 0.6 is 12.2 Å². The van der Waals surface area contributed by atoms with Crippen molar-refractivity contribution in [2.75, 3.05) is 0 Å². The molecule has 138 valence electrons. The van der Waals surface area contributed by atoms with E-state index in [1.807, 2.05) is 47.2 Å². The highest BCUT2D eigenvalue weighted by atomic mass is 32.1. The number of pyridine rings is 1. The van der Waals surface area contributed by atoms with Crippen LogP contribution < -0.4 is 5.32 Å². The highest BCUT2D eigenvalue weighted by molar-refractivity contribution is 7.80. The van der Waals surface area contributed by atoms with E-state index < -0.39 is 0 Å². The van der Waals surface area contributed by atoms with E-state index in [1.54, 1.807) is 18.3 Å². The van der Waals surface area contributed by atoms with Gasteiger partial charge in [0.25, 0.3) is 0 Å². The van der Waals surface area contributed by atoms with Crippen LogP contribution in [-0.4, -0.2) is 25.6 Å². The first kappa shape index (κ1) is 17.7. The van der Waals surface area contributed by atoms with E-state index in [-0.39, 0.29) is 23.9 Å². The van der Waals surface area contributed by atoms with Crippen LogP contribution in [0.1, 0.15) is 37.3 Å². The van der Waals surface area contributed by atoms with Gasteiger partial charge in [0.15, 0.2) is 5.11 Å². The van der Waals surface area contributed by atoms with E-state index in [1.165, 1.54) is 6.07 Å². The summed E-state index contributed by atoms with van der Waals surface area (Å²) in [5.74, 6) is -0.256.